The lowest BCUT2D eigenvalue weighted by Gasteiger charge is -2.01. The van der Waals surface area contributed by atoms with Gasteiger partial charge >= 0.3 is 0 Å². The molecule has 0 aliphatic rings. The molecular formula is C14H11NO2. The maximum Gasteiger partial charge on any atom is 0.175 e. The molecule has 0 aliphatic carbocycles. The Morgan fingerprint density at radius 3 is 2.76 bits per heavy atom. The van der Waals surface area contributed by atoms with Gasteiger partial charge in [0.1, 0.15) is 11.3 Å². The van der Waals surface area contributed by atoms with E-state index in [-0.39, 0.29) is 5.75 Å². The van der Waals surface area contributed by atoms with Crippen LogP contribution in [0.1, 0.15) is 5.56 Å². The molecule has 0 amide bonds. The lowest BCUT2D eigenvalue weighted by atomic mass is 10.0. The number of phenols is 1. The normalized spacial score (nSPS) is 10.9. The Morgan fingerprint density at radius 2 is 1.94 bits per heavy atom. The fourth-order valence-corrected chi connectivity index (χ4v) is 1.95. The number of phenolic OH excluding ortho intramolecular Hbond substituents is 1. The molecule has 3 heteroatoms. The summed E-state index contributed by atoms with van der Waals surface area (Å²) in [7, 11) is 0. The molecule has 84 valence electrons. The number of benzene rings is 2. The van der Waals surface area contributed by atoms with Gasteiger partial charge in [-0.1, -0.05) is 29.4 Å². The van der Waals surface area contributed by atoms with E-state index in [1.165, 1.54) is 0 Å². The SMILES string of the molecule is Cc1ccccc1-c1onc2ccc(O)cc12. The molecule has 2 aromatic carbocycles. The third-order valence-corrected chi connectivity index (χ3v) is 2.85. The average molecular weight is 225 g/mol. The molecule has 0 aliphatic heterocycles. The first kappa shape index (κ1) is 9.90. The minimum Gasteiger partial charge on any atom is -0.508 e. The second-order valence-electron chi connectivity index (χ2n) is 4.03. The highest BCUT2D eigenvalue weighted by atomic mass is 16.5. The smallest absolute Gasteiger partial charge is 0.175 e. The Balaban J connectivity index is 2.31. The number of aromatic hydroxyl groups is 1. The van der Waals surface area contributed by atoms with Gasteiger partial charge < -0.3 is 9.63 Å². The number of aryl methyl sites for hydroxylation is 1. The minimum absolute atomic E-state index is 0.218. The molecule has 0 saturated carbocycles. The Hall–Kier alpha value is -2.29. The van der Waals surface area contributed by atoms with Crippen LogP contribution in [0, 0.1) is 6.92 Å². The Bertz CT molecular complexity index is 686. The van der Waals surface area contributed by atoms with Crippen molar-refractivity contribution < 1.29 is 9.63 Å². The summed E-state index contributed by atoms with van der Waals surface area (Å²) >= 11 is 0. The van der Waals surface area contributed by atoms with Crippen LogP contribution in [0.3, 0.4) is 0 Å². The molecule has 0 fully saturated rings. The molecule has 3 rings (SSSR count). The Labute approximate surface area is 98.3 Å². The molecule has 3 aromatic rings. The van der Waals surface area contributed by atoms with Gasteiger partial charge in [-0.25, -0.2) is 0 Å². The van der Waals surface area contributed by atoms with E-state index in [9.17, 15) is 5.11 Å². The monoisotopic (exact) mass is 225 g/mol. The second kappa shape index (κ2) is 3.63. The zero-order valence-electron chi connectivity index (χ0n) is 9.34. The maximum atomic E-state index is 9.52. The highest BCUT2D eigenvalue weighted by Gasteiger charge is 2.12. The van der Waals surface area contributed by atoms with Crippen LogP contribution in [0.4, 0.5) is 0 Å². The van der Waals surface area contributed by atoms with E-state index in [4.69, 9.17) is 4.52 Å². The van der Waals surface area contributed by atoms with Gasteiger partial charge in [-0.2, -0.15) is 0 Å². The molecule has 1 N–H and O–H groups in total. The van der Waals surface area contributed by atoms with E-state index in [1.807, 2.05) is 31.2 Å². The van der Waals surface area contributed by atoms with Gasteiger partial charge in [0.15, 0.2) is 5.76 Å². The van der Waals surface area contributed by atoms with E-state index in [2.05, 4.69) is 5.16 Å². The van der Waals surface area contributed by atoms with Gasteiger partial charge in [-0.05, 0) is 30.7 Å². The molecule has 1 aromatic heterocycles. The number of fused-ring (bicyclic) bond motifs is 1. The zero-order chi connectivity index (χ0) is 11.8. The van der Waals surface area contributed by atoms with Gasteiger partial charge in [0.2, 0.25) is 0 Å². The standard InChI is InChI=1S/C14H11NO2/c1-9-4-2-3-5-11(9)14-12-8-10(16)6-7-13(12)15-17-14/h2-8,16H,1H3. The van der Waals surface area contributed by atoms with Gasteiger partial charge in [0, 0.05) is 5.56 Å². The molecule has 0 spiro atoms. The highest BCUT2D eigenvalue weighted by molar-refractivity contribution is 5.93. The van der Waals surface area contributed by atoms with Crippen molar-refractivity contribution in [2.45, 2.75) is 6.92 Å². The topological polar surface area (TPSA) is 46.3 Å². The predicted molar refractivity (Wildman–Crippen MR) is 65.8 cm³/mol. The number of nitrogens with zero attached hydrogens (tertiary/aromatic N) is 1. The van der Waals surface area contributed by atoms with Crippen molar-refractivity contribution in [2.24, 2.45) is 0 Å². The summed E-state index contributed by atoms with van der Waals surface area (Å²) in [5.74, 6) is 0.921. The van der Waals surface area contributed by atoms with Crippen molar-refractivity contribution in [3.05, 3.63) is 48.0 Å². The largest absolute Gasteiger partial charge is 0.508 e. The van der Waals surface area contributed by atoms with Crippen molar-refractivity contribution in [3.8, 4) is 17.1 Å². The summed E-state index contributed by atoms with van der Waals surface area (Å²) in [6.07, 6.45) is 0. The van der Waals surface area contributed by atoms with Crippen LogP contribution in [-0.2, 0) is 0 Å². The van der Waals surface area contributed by atoms with Crippen LogP contribution >= 0.6 is 0 Å². The number of hydrogen-bond acceptors (Lipinski definition) is 3. The molecule has 1 heterocycles. The Morgan fingerprint density at radius 1 is 1.12 bits per heavy atom. The number of aromatic nitrogens is 1. The molecule has 17 heavy (non-hydrogen) atoms. The van der Waals surface area contributed by atoms with Gasteiger partial charge in [-0.15, -0.1) is 0 Å². The van der Waals surface area contributed by atoms with Crippen LogP contribution in [0.25, 0.3) is 22.2 Å². The average Bonchev–Trinajstić information content (AvgIpc) is 2.72. The van der Waals surface area contributed by atoms with Crippen LogP contribution in [0.15, 0.2) is 47.0 Å². The summed E-state index contributed by atoms with van der Waals surface area (Å²) in [5, 5.41) is 14.3. The van der Waals surface area contributed by atoms with Crippen molar-refractivity contribution in [3.63, 3.8) is 0 Å². The van der Waals surface area contributed by atoms with Crippen LogP contribution < -0.4 is 0 Å². The molecule has 0 unspecified atom stereocenters. The van der Waals surface area contributed by atoms with Gasteiger partial charge in [0.25, 0.3) is 0 Å². The van der Waals surface area contributed by atoms with Crippen LogP contribution in [0.5, 0.6) is 5.75 Å². The Kier molecular flexibility index (Phi) is 2.11. The van der Waals surface area contributed by atoms with Crippen molar-refractivity contribution in [1.82, 2.24) is 5.16 Å². The van der Waals surface area contributed by atoms with Gasteiger partial charge in [0.05, 0.1) is 5.39 Å². The lowest BCUT2D eigenvalue weighted by molar-refractivity contribution is 0.440. The van der Waals surface area contributed by atoms with E-state index >= 15 is 0 Å². The minimum atomic E-state index is 0.218. The molecule has 0 saturated heterocycles. The van der Waals surface area contributed by atoms with E-state index < -0.39 is 0 Å². The number of rotatable bonds is 1. The highest BCUT2D eigenvalue weighted by Crippen LogP contribution is 2.32. The van der Waals surface area contributed by atoms with Crippen molar-refractivity contribution >= 4 is 10.9 Å². The van der Waals surface area contributed by atoms with Crippen LogP contribution in [-0.4, -0.2) is 10.3 Å². The summed E-state index contributed by atoms with van der Waals surface area (Å²) in [6, 6.07) is 13.0. The fourth-order valence-electron chi connectivity index (χ4n) is 1.95. The predicted octanol–water partition coefficient (Wildman–Crippen LogP) is 3.51. The fraction of sp³-hybridized carbons (Fsp3) is 0.0714. The molecular weight excluding hydrogens is 214 g/mol. The van der Waals surface area contributed by atoms with Crippen molar-refractivity contribution in [1.29, 1.82) is 0 Å². The van der Waals surface area contributed by atoms with Gasteiger partial charge in [-0.3, -0.25) is 0 Å². The summed E-state index contributed by atoms with van der Waals surface area (Å²) in [6.45, 7) is 2.02. The third-order valence-electron chi connectivity index (χ3n) is 2.85. The number of hydrogen-bond donors (Lipinski definition) is 1. The molecule has 0 atom stereocenters. The lowest BCUT2D eigenvalue weighted by Crippen LogP contribution is -1.80. The summed E-state index contributed by atoms with van der Waals surface area (Å²) < 4.78 is 5.38. The van der Waals surface area contributed by atoms with Crippen LogP contribution in [0.2, 0.25) is 0 Å². The first-order valence-corrected chi connectivity index (χ1v) is 5.40. The summed E-state index contributed by atoms with van der Waals surface area (Å²) in [5.41, 5.74) is 2.87. The third kappa shape index (κ3) is 1.56. The quantitative estimate of drug-likeness (QED) is 0.689. The van der Waals surface area contributed by atoms with Crippen molar-refractivity contribution in [2.75, 3.05) is 0 Å². The van der Waals surface area contributed by atoms with E-state index in [0.717, 1.165) is 22.0 Å². The van der Waals surface area contributed by atoms with E-state index in [1.54, 1.807) is 18.2 Å². The second-order valence-corrected chi connectivity index (χ2v) is 4.03. The first-order valence-electron chi connectivity index (χ1n) is 5.40. The maximum absolute atomic E-state index is 9.52. The molecule has 3 nitrogen and oxygen atoms in total. The summed E-state index contributed by atoms with van der Waals surface area (Å²) in [4.78, 5) is 0. The molecule has 0 bridgehead atoms. The first-order chi connectivity index (χ1) is 8.25. The van der Waals surface area contributed by atoms with E-state index in [0.29, 0.717) is 5.76 Å². The zero-order valence-corrected chi connectivity index (χ0v) is 9.34. The molecule has 0 radical (unpaired) electrons.